The molecule has 0 saturated carbocycles. The number of rotatable bonds is 14. The van der Waals surface area contributed by atoms with Crippen LogP contribution in [0.4, 0.5) is 0 Å². The van der Waals surface area contributed by atoms with Gasteiger partial charge in [-0.25, -0.2) is 13.2 Å². The number of furan rings is 1. The average Bonchev–Trinajstić information content (AvgIpc) is 3.45. The first-order chi connectivity index (χ1) is 21.5. The highest BCUT2D eigenvalue weighted by atomic mass is 32.2. The zero-order valence-electron chi connectivity index (χ0n) is 26.4. The van der Waals surface area contributed by atoms with Gasteiger partial charge in [0.1, 0.15) is 28.2 Å². The van der Waals surface area contributed by atoms with Gasteiger partial charge in [0.15, 0.2) is 0 Å². The van der Waals surface area contributed by atoms with Gasteiger partial charge in [0.2, 0.25) is 0 Å². The monoisotopic (exact) mass is 633 g/mol. The summed E-state index contributed by atoms with van der Waals surface area (Å²) in [6, 6.07) is 23.8. The first-order valence-electron chi connectivity index (χ1n) is 15.0. The van der Waals surface area contributed by atoms with Crippen molar-refractivity contribution in [3.63, 3.8) is 0 Å². The van der Waals surface area contributed by atoms with E-state index in [1.165, 1.54) is 5.56 Å². The molecule has 0 bridgehead atoms. The minimum Gasteiger partial charge on any atom is -0.480 e. The van der Waals surface area contributed by atoms with Crippen LogP contribution in [-0.2, 0) is 39.0 Å². The van der Waals surface area contributed by atoms with Gasteiger partial charge >= 0.3 is 5.97 Å². The molecule has 1 amide bonds. The summed E-state index contributed by atoms with van der Waals surface area (Å²) in [7, 11) is -3.38. The normalized spacial score (nSPS) is 11.7. The van der Waals surface area contributed by atoms with Crippen molar-refractivity contribution in [3.8, 4) is 11.1 Å². The van der Waals surface area contributed by atoms with Crippen molar-refractivity contribution in [2.75, 3.05) is 12.0 Å². The van der Waals surface area contributed by atoms with E-state index >= 15 is 0 Å². The molecule has 0 fully saturated rings. The standard InChI is InChI=1S/C29H35NO7S.C7H8/c1-4-5-9-22-13-15-37-27(22)19-36-18-21-11-12-24(25(17-21)23-10-7-6-8-20(23)2)28(31)30-26(29(32)33)14-16-38(3,34)35;1-7-5-3-2-4-6-7/h6-8,10-13,15,17,26H,4-5,9,14,16,18-19H2,1-3H3,(H,30,31)(H,32,33);2-6H,1H3. The van der Waals surface area contributed by atoms with Crippen LogP contribution in [0.15, 0.2) is 89.5 Å². The Balaban J connectivity index is 0.000000693. The zero-order chi connectivity index (χ0) is 32.8. The van der Waals surface area contributed by atoms with Crippen LogP contribution in [0.1, 0.15) is 64.6 Å². The van der Waals surface area contributed by atoms with E-state index in [0.29, 0.717) is 24.3 Å². The topological polar surface area (TPSA) is 123 Å². The summed E-state index contributed by atoms with van der Waals surface area (Å²) >= 11 is 0. The van der Waals surface area contributed by atoms with Gasteiger partial charge in [0.25, 0.3) is 5.91 Å². The number of nitrogens with one attached hydrogen (secondary N) is 1. The predicted octanol–water partition coefficient (Wildman–Crippen LogP) is 6.93. The number of carbonyl (C=O) groups is 2. The fourth-order valence-corrected chi connectivity index (χ4v) is 5.35. The smallest absolute Gasteiger partial charge is 0.326 e. The molecule has 8 nitrogen and oxygen atoms in total. The van der Waals surface area contributed by atoms with Crippen molar-refractivity contribution < 1.29 is 32.3 Å². The third-order valence-electron chi connectivity index (χ3n) is 7.22. The van der Waals surface area contributed by atoms with Crippen LogP contribution in [0.2, 0.25) is 0 Å². The van der Waals surface area contributed by atoms with Crippen molar-refractivity contribution in [3.05, 3.63) is 119 Å². The van der Waals surface area contributed by atoms with Crippen LogP contribution in [0, 0.1) is 13.8 Å². The van der Waals surface area contributed by atoms with Gasteiger partial charge in [-0.3, -0.25) is 4.79 Å². The molecule has 1 aromatic heterocycles. The number of aryl methyl sites for hydroxylation is 3. The summed E-state index contributed by atoms with van der Waals surface area (Å²) in [5.74, 6) is -1.42. The first-order valence-corrected chi connectivity index (χ1v) is 17.1. The van der Waals surface area contributed by atoms with Gasteiger partial charge < -0.3 is 19.6 Å². The van der Waals surface area contributed by atoms with Crippen LogP contribution in [0.25, 0.3) is 11.1 Å². The lowest BCUT2D eigenvalue weighted by Gasteiger charge is -2.18. The van der Waals surface area contributed by atoms with Crippen LogP contribution < -0.4 is 5.32 Å². The number of benzene rings is 3. The van der Waals surface area contributed by atoms with Gasteiger partial charge in [-0.15, -0.1) is 0 Å². The second kappa shape index (κ2) is 17.3. The minimum absolute atomic E-state index is 0.224. The second-order valence-electron chi connectivity index (χ2n) is 11.1. The van der Waals surface area contributed by atoms with E-state index in [2.05, 4.69) is 31.3 Å². The molecule has 1 atom stereocenters. The largest absolute Gasteiger partial charge is 0.480 e. The third-order valence-corrected chi connectivity index (χ3v) is 8.20. The van der Waals surface area contributed by atoms with E-state index in [1.807, 2.05) is 61.5 Å². The van der Waals surface area contributed by atoms with Gasteiger partial charge in [0.05, 0.1) is 18.6 Å². The quantitative estimate of drug-likeness (QED) is 0.154. The number of amides is 1. The highest BCUT2D eigenvalue weighted by molar-refractivity contribution is 7.90. The molecule has 0 saturated heterocycles. The van der Waals surface area contributed by atoms with Crippen LogP contribution in [-0.4, -0.2) is 43.5 Å². The lowest BCUT2D eigenvalue weighted by Crippen LogP contribution is -2.42. The lowest BCUT2D eigenvalue weighted by molar-refractivity contribution is -0.139. The van der Waals surface area contributed by atoms with Gasteiger partial charge in [-0.1, -0.05) is 79.6 Å². The molecule has 0 aliphatic heterocycles. The van der Waals surface area contributed by atoms with Crippen LogP contribution in [0.3, 0.4) is 0 Å². The number of sulfone groups is 1. The molecule has 4 rings (SSSR count). The number of carbonyl (C=O) groups excluding carboxylic acids is 1. The molecule has 2 N–H and O–H groups in total. The Kier molecular flexibility index (Phi) is 13.6. The Hall–Kier alpha value is -4.21. The summed E-state index contributed by atoms with van der Waals surface area (Å²) in [6.07, 6.45) is 5.59. The molecule has 4 aromatic rings. The fraction of sp³-hybridized carbons (Fsp3) is 0.333. The molecule has 0 aliphatic rings. The minimum atomic E-state index is -3.38. The van der Waals surface area contributed by atoms with E-state index < -0.39 is 27.8 Å². The van der Waals surface area contributed by atoms with Crippen molar-refractivity contribution in [1.29, 1.82) is 0 Å². The van der Waals surface area contributed by atoms with Gasteiger partial charge in [-0.05, 0) is 79.1 Å². The Morgan fingerprint density at radius 3 is 2.27 bits per heavy atom. The molecular weight excluding hydrogens is 590 g/mol. The van der Waals surface area contributed by atoms with E-state index in [4.69, 9.17) is 9.15 Å². The highest BCUT2D eigenvalue weighted by Gasteiger charge is 2.24. The van der Waals surface area contributed by atoms with E-state index in [9.17, 15) is 23.1 Å². The summed E-state index contributed by atoms with van der Waals surface area (Å²) in [4.78, 5) is 24.9. The highest BCUT2D eigenvalue weighted by Crippen LogP contribution is 2.29. The fourth-order valence-electron chi connectivity index (χ4n) is 4.68. The number of ether oxygens (including phenoxy) is 1. The number of aliphatic carboxylic acids is 1. The molecule has 1 heterocycles. The molecule has 45 heavy (non-hydrogen) atoms. The maximum atomic E-state index is 13.2. The summed E-state index contributed by atoms with van der Waals surface area (Å²) in [5.41, 5.74) is 6.01. The van der Waals surface area contributed by atoms with Crippen molar-refractivity contribution >= 4 is 21.7 Å². The molecule has 3 aromatic carbocycles. The van der Waals surface area contributed by atoms with Crippen molar-refractivity contribution in [1.82, 2.24) is 5.32 Å². The summed E-state index contributed by atoms with van der Waals surface area (Å²) < 4.78 is 34.6. The van der Waals surface area contributed by atoms with E-state index in [-0.39, 0.29) is 12.2 Å². The molecular formula is C36H43NO7S. The molecule has 1 unspecified atom stereocenters. The number of hydrogen-bond acceptors (Lipinski definition) is 6. The van der Waals surface area contributed by atoms with E-state index in [0.717, 1.165) is 53.5 Å². The summed E-state index contributed by atoms with van der Waals surface area (Å²) in [6.45, 7) is 6.78. The van der Waals surface area contributed by atoms with Gasteiger partial charge in [0, 0.05) is 11.8 Å². The average molecular weight is 634 g/mol. The number of hydrogen-bond donors (Lipinski definition) is 2. The Labute approximate surface area is 266 Å². The van der Waals surface area contributed by atoms with Crippen LogP contribution >= 0.6 is 0 Å². The second-order valence-corrected chi connectivity index (χ2v) is 13.4. The van der Waals surface area contributed by atoms with Crippen molar-refractivity contribution in [2.45, 2.75) is 65.7 Å². The van der Waals surface area contributed by atoms with E-state index in [1.54, 1.807) is 18.4 Å². The third kappa shape index (κ3) is 11.7. The number of carboxylic acids is 1. The molecule has 9 heteroatoms. The van der Waals surface area contributed by atoms with Gasteiger partial charge in [-0.2, -0.15) is 0 Å². The lowest BCUT2D eigenvalue weighted by atomic mass is 9.93. The Bertz CT molecular complexity index is 1640. The summed E-state index contributed by atoms with van der Waals surface area (Å²) in [5, 5.41) is 12.0. The molecule has 0 radical (unpaired) electrons. The van der Waals surface area contributed by atoms with Crippen LogP contribution in [0.5, 0.6) is 0 Å². The zero-order valence-corrected chi connectivity index (χ0v) is 27.2. The molecule has 0 spiro atoms. The molecule has 0 aliphatic carbocycles. The molecule has 240 valence electrons. The predicted molar refractivity (Wildman–Crippen MR) is 177 cm³/mol. The van der Waals surface area contributed by atoms with Crippen molar-refractivity contribution in [2.24, 2.45) is 0 Å². The first kappa shape index (κ1) is 35.3. The maximum Gasteiger partial charge on any atom is 0.326 e. The Morgan fingerprint density at radius 1 is 0.933 bits per heavy atom. The maximum absolute atomic E-state index is 13.2. The number of unbranched alkanes of at least 4 members (excludes halogenated alkanes) is 1. The SMILES string of the molecule is CCCCc1ccoc1COCc1ccc(C(=O)NC(CCS(C)(=O)=O)C(=O)O)c(-c2ccccc2C)c1.Cc1ccccc1. The Morgan fingerprint density at radius 2 is 1.64 bits per heavy atom. The number of carboxylic acid groups (broad SMARTS) is 1.